The van der Waals surface area contributed by atoms with Crippen LogP contribution in [-0.4, -0.2) is 36.1 Å². The Hall–Kier alpha value is -2.54. The third kappa shape index (κ3) is 4.74. The summed E-state index contributed by atoms with van der Waals surface area (Å²) in [6.07, 6.45) is 7.89. The fourth-order valence-corrected chi connectivity index (χ4v) is 5.20. The van der Waals surface area contributed by atoms with Crippen LogP contribution < -0.4 is 5.56 Å². The van der Waals surface area contributed by atoms with Gasteiger partial charge in [-0.2, -0.15) is 0 Å². The molecule has 7 heteroatoms. The van der Waals surface area contributed by atoms with Gasteiger partial charge >= 0.3 is 0 Å². The molecule has 1 N–H and O–H groups in total. The zero-order chi connectivity index (χ0) is 23.6. The lowest BCUT2D eigenvalue weighted by Gasteiger charge is -2.40. The van der Waals surface area contributed by atoms with Gasteiger partial charge in [-0.15, -0.1) is 5.10 Å². The smallest absolute Gasteiger partial charge is 0.252 e. The molecule has 1 atom stereocenters. The lowest BCUT2D eigenvalue weighted by molar-refractivity contribution is 0.0801. The average molecular weight is 451 g/mol. The van der Waals surface area contributed by atoms with Crippen molar-refractivity contribution in [1.82, 2.24) is 30.1 Å². The standard InChI is InChI=1S/C26H38N6O/c1-6-22(24-28-29-30-32(24)26(4,5)7-2)31(21-14-9-8-10-15-21)17-20-16-19-13-11-12-18(3)23(19)27-25(20)33/h11-13,16,21-22H,6-10,14-15,17H2,1-5H3,(H,27,33)/t22-/m1/s1. The summed E-state index contributed by atoms with van der Waals surface area (Å²) in [7, 11) is 0. The van der Waals surface area contributed by atoms with Crippen molar-refractivity contribution in [3.05, 3.63) is 51.6 Å². The zero-order valence-electron chi connectivity index (χ0n) is 20.8. The molecule has 2 heterocycles. The summed E-state index contributed by atoms with van der Waals surface area (Å²) in [6.45, 7) is 11.4. The van der Waals surface area contributed by atoms with Gasteiger partial charge in [0.15, 0.2) is 5.82 Å². The molecule has 4 rings (SSSR count). The summed E-state index contributed by atoms with van der Waals surface area (Å²) in [5.74, 6) is 0.906. The molecule has 3 aromatic rings. The third-order valence-electron chi connectivity index (χ3n) is 7.58. The summed E-state index contributed by atoms with van der Waals surface area (Å²) in [6, 6.07) is 8.72. The van der Waals surface area contributed by atoms with E-state index < -0.39 is 0 Å². The molecule has 2 aromatic heterocycles. The highest BCUT2D eigenvalue weighted by atomic mass is 16.1. The molecule has 0 saturated heterocycles. The van der Waals surface area contributed by atoms with Gasteiger partial charge < -0.3 is 4.98 Å². The Morgan fingerprint density at radius 1 is 1.21 bits per heavy atom. The third-order valence-corrected chi connectivity index (χ3v) is 7.58. The van der Waals surface area contributed by atoms with Crippen molar-refractivity contribution in [1.29, 1.82) is 0 Å². The summed E-state index contributed by atoms with van der Waals surface area (Å²) in [4.78, 5) is 18.8. The molecule has 1 aromatic carbocycles. The van der Waals surface area contributed by atoms with Gasteiger partial charge in [0.05, 0.1) is 17.1 Å². The Bertz CT molecular complexity index is 1140. The number of aryl methyl sites for hydroxylation is 1. The van der Waals surface area contributed by atoms with Crippen LogP contribution in [0.5, 0.6) is 0 Å². The summed E-state index contributed by atoms with van der Waals surface area (Å²) < 4.78 is 2.00. The largest absolute Gasteiger partial charge is 0.321 e. The van der Waals surface area contributed by atoms with Gasteiger partial charge in [-0.05, 0) is 73.9 Å². The van der Waals surface area contributed by atoms with E-state index in [1.54, 1.807) is 0 Å². The lowest BCUT2D eigenvalue weighted by Crippen LogP contribution is -2.42. The molecule has 1 aliphatic rings. The average Bonchev–Trinajstić information content (AvgIpc) is 3.31. The number of rotatable bonds is 8. The number of para-hydroxylation sites is 1. The number of hydrogen-bond donors (Lipinski definition) is 1. The first-order valence-corrected chi connectivity index (χ1v) is 12.5. The zero-order valence-corrected chi connectivity index (χ0v) is 20.8. The van der Waals surface area contributed by atoms with Gasteiger partial charge in [0.25, 0.3) is 5.56 Å². The van der Waals surface area contributed by atoms with Gasteiger partial charge in [0.1, 0.15) is 0 Å². The second kappa shape index (κ2) is 9.75. The number of hydrogen-bond acceptors (Lipinski definition) is 5. The molecule has 1 saturated carbocycles. The summed E-state index contributed by atoms with van der Waals surface area (Å²) in [5, 5.41) is 14.1. The number of tetrazole rings is 1. The van der Waals surface area contributed by atoms with E-state index in [2.05, 4.69) is 71.3 Å². The number of fused-ring (bicyclic) bond motifs is 1. The molecule has 0 amide bonds. The monoisotopic (exact) mass is 450 g/mol. The molecular weight excluding hydrogens is 412 g/mol. The van der Waals surface area contributed by atoms with Crippen LogP contribution in [0.4, 0.5) is 0 Å². The van der Waals surface area contributed by atoms with Crippen molar-refractivity contribution >= 4 is 10.9 Å². The minimum absolute atomic E-state index is 0.000873. The predicted octanol–water partition coefficient (Wildman–Crippen LogP) is 5.25. The van der Waals surface area contributed by atoms with E-state index in [9.17, 15) is 4.79 Å². The van der Waals surface area contributed by atoms with E-state index in [4.69, 9.17) is 0 Å². The number of pyridine rings is 1. The topological polar surface area (TPSA) is 79.7 Å². The molecule has 33 heavy (non-hydrogen) atoms. The van der Waals surface area contributed by atoms with E-state index in [0.29, 0.717) is 12.6 Å². The van der Waals surface area contributed by atoms with E-state index in [0.717, 1.165) is 53.5 Å². The van der Waals surface area contributed by atoms with E-state index in [-0.39, 0.29) is 17.1 Å². The Balaban J connectivity index is 1.76. The fourth-order valence-electron chi connectivity index (χ4n) is 5.20. The Kier molecular flexibility index (Phi) is 6.98. The van der Waals surface area contributed by atoms with E-state index >= 15 is 0 Å². The van der Waals surface area contributed by atoms with Gasteiger partial charge in [-0.3, -0.25) is 9.69 Å². The minimum Gasteiger partial charge on any atom is -0.321 e. The maximum absolute atomic E-state index is 13.1. The number of nitrogens with one attached hydrogen (secondary N) is 1. The SMILES string of the molecule is CC[C@H](c1nnnn1C(C)(C)CC)N(Cc1cc2cccc(C)c2[nH]c1=O)C1CCCCC1. The molecule has 0 bridgehead atoms. The van der Waals surface area contributed by atoms with Crippen LogP contribution in [0.25, 0.3) is 10.9 Å². The molecule has 1 fully saturated rings. The number of H-pyrrole nitrogens is 1. The first-order chi connectivity index (χ1) is 15.9. The van der Waals surface area contributed by atoms with Gasteiger partial charge in [-0.25, -0.2) is 4.68 Å². The minimum atomic E-state index is -0.164. The number of aromatic nitrogens is 5. The van der Waals surface area contributed by atoms with Gasteiger partial charge in [-0.1, -0.05) is 51.3 Å². The Morgan fingerprint density at radius 3 is 2.67 bits per heavy atom. The second-order valence-electron chi connectivity index (χ2n) is 10.2. The Labute approximate surface area is 196 Å². The quantitative estimate of drug-likeness (QED) is 0.507. The normalized spacial score (nSPS) is 16.5. The van der Waals surface area contributed by atoms with Crippen molar-refractivity contribution < 1.29 is 0 Å². The fraction of sp³-hybridized carbons (Fsp3) is 0.615. The van der Waals surface area contributed by atoms with Crippen LogP contribution in [0, 0.1) is 6.92 Å². The molecule has 0 radical (unpaired) electrons. The van der Waals surface area contributed by atoms with Crippen molar-refractivity contribution in [2.45, 2.75) is 104 Å². The first-order valence-electron chi connectivity index (χ1n) is 12.5. The van der Waals surface area contributed by atoms with Gasteiger partial charge in [0.2, 0.25) is 0 Å². The van der Waals surface area contributed by atoms with Crippen molar-refractivity contribution in [2.75, 3.05) is 0 Å². The first kappa shape index (κ1) is 23.6. The molecule has 1 aliphatic carbocycles. The highest BCUT2D eigenvalue weighted by Gasteiger charge is 2.34. The second-order valence-corrected chi connectivity index (χ2v) is 10.2. The summed E-state index contributed by atoms with van der Waals surface area (Å²) in [5.41, 5.74) is 2.67. The van der Waals surface area contributed by atoms with Gasteiger partial charge in [0, 0.05) is 18.2 Å². The van der Waals surface area contributed by atoms with E-state index in [1.165, 1.54) is 19.3 Å². The highest BCUT2D eigenvalue weighted by Crippen LogP contribution is 2.34. The molecule has 7 nitrogen and oxygen atoms in total. The molecule has 0 unspecified atom stereocenters. The number of nitrogens with zero attached hydrogens (tertiary/aromatic N) is 5. The van der Waals surface area contributed by atoms with Crippen LogP contribution >= 0.6 is 0 Å². The predicted molar refractivity (Wildman–Crippen MR) is 132 cm³/mol. The highest BCUT2D eigenvalue weighted by molar-refractivity contribution is 5.81. The number of aromatic amines is 1. The van der Waals surface area contributed by atoms with Crippen molar-refractivity contribution in [3.8, 4) is 0 Å². The number of benzene rings is 1. The molecule has 0 aliphatic heterocycles. The lowest BCUT2D eigenvalue weighted by atomic mass is 9.91. The van der Waals surface area contributed by atoms with Crippen LogP contribution in [0.15, 0.2) is 29.1 Å². The maximum atomic E-state index is 13.1. The van der Waals surface area contributed by atoms with E-state index in [1.807, 2.05) is 17.7 Å². The van der Waals surface area contributed by atoms with Crippen molar-refractivity contribution in [3.63, 3.8) is 0 Å². The van der Waals surface area contributed by atoms with Crippen LogP contribution in [-0.2, 0) is 12.1 Å². The molecular formula is C26H38N6O. The molecule has 0 spiro atoms. The van der Waals surface area contributed by atoms with Crippen molar-refractivity contribution in [2.24, 2.45) is 0 Å². The molecule has 178 valence electrons. The maximum Gasteiger partial charge on any atom is 0.252 e. The summed E-state index contributed by atoms with van der Waals surface area (Å²) >= 11 is 0. The van der Waals surface area contributed by atoms with Crippen LogP contribution in [0.2, 0.25) is 0 Å². The van der Waals surface area contributed by atoms with Crippen LogP contribution in [0.3, 0.4) is 0 Å². The van der Waals surface area contributed by atoms with Crippen LogP contribution in [0.1, 0.15) is 95.6 Å². The Morgan fingerprint density at radius 2 is 1.97 bits per heavy atom.